The van der Waals surface area contributed by atoms with Crippen molar-refractivity contribution in [1.29, 1.82) is 0 Å². The standard InChI is InChI=1S/C14H23NS2/c1-3-16-10-8-11(2)15-14(12-6-7-12)13-5-4-9-17-13/h4-5,9,11-12,14-15H,3,6-8,10H2,1-2H3. The Bertz CT molecular complexity index is 306. The molecule has 0 amide bonds. The van der Waals surface area contributed by atoms with E-state index in [0.717, 1.165) is 5.92 Å². The molecule has 2 atom stereocenters. The number of thiophene rings is 1. The number of nitrogens with one attached hydrogen (secondary N) is 1. The Morgan fingerprint density at radius 3 is 2.94 bits per heavy atom. The number of thioether (sulfide) groups is 1. The minimum Gasteiger partial charge on any atom is -0.306 e. The predicted molar refractivity (Wildman–Crippen MR) is 80.0 cm³/mol. The van der Waals surface area contributed by atoms with E-state index in [0.29, 0.717) is 12.1 Å². The average molecular weight is 269 g/mol. The second-order valence-corrected chi connectivity index (χ2v) is 7.26. The third kappa shape index (κ3) is 4.31. The fraction of sp³-hybridized carbons (Fsp3) is 0.714. The Balaban J connectivity index is 1.81. The molecule has 1 aliphatic rings. The zero-order chi connectivity index (χ0) is 12.1. The SMILES string of the molecule is CCSCCC(C)NC(c1cccs1)C1CC1. The molecule has 3 heteroatoms. The van der Waals surface area contributed by atoms with Gasteiger partial charge in [-0.3, -0.25) is 0 Å². The highest BCUT2D eigenvalue weighted by Gasteiger charge is 2.33. The molecule has 0 aromatic carbocycles. The highest BCUT2D eigenvalue weighted by molar-refractivity contribution is 7.99. The zero-order valence-electron chi connectivity index (χ0n) is 10.8. The van der Waals surface area contributed by atoms with Gasteiger partial charge in [-0.2, -0.15) is 11.8 Å². The average Bonchev–Trinajstić information content (AvgIpc) is 3.01. The quantitative estimate of drug-likeness (QED) is 0.705. The van der Waals surface area contributed by atoms with Crippen LogP contribution in [0.25, 0.3) is 0 Å². The zero-order valence-corrected chi connectivity index (χ0v) is 12.4. The van der Waals surface area contributed by atoms with Gasteiger partial charge in [0.1, 0.15) is 0 Å². The second-order valence-electron chi connectivity index (χ2n) is 4.88. The van der Waals surface area contributed by atoms with Crippen LogP contribution in [-0.2, 0) is 0 Å². The molecular formula is C14H23NS2. The van der Waals surface area contributed by atoms with Crippen LogP contribution < -0.4 is 5.32 Å². The van der Waals surface area contributed by atoms with Crippen molar-refractivity contribution < 1.29 is 0 Å². The summed E-state index contributed by atoms with van der Waals surface area (Å²) in [5.41, 5.74) is 0. The molecule has 96 valence electrons. The van der Waals surface area contributed by atoms with Crippen LogP contribution in [0.3, 0.4) is 0 Å². The van der Waals surface area contributed by atoms with Gasteiger partial charge in [-0.1, -0.05) is 13.0 Å². The predicted octanol–water partition coefficient (Wildman–Crippen LogP) is 4.32. The summed E-state index contributed by atoms with van der Waals surface area (Å²) in [6.45, 7) is 4.57. The van der Waals surface area contributed by atoms with Crippen LogP contribution in [0.2, 0.25) is 0 Å². The van der Waals surface area contributed by atoms with Crippen LogP contribution in [0.4, 0.5) is 0 Å². The molecule has 0 radical (unpaired) electrons. The summed E-state index contributed by atoms with van der Waals surface area (Å²) in [6, 6.07) is 5.72. The van der Waals surface area contributed by atoms with Gasteiger partial charge >= 0.3 is 0 Å². The first kappa shape index (κ1) is 13.4. The van der Waals surface area contributed by atoms with Crippen molar-refractivity contribution in [3.63, 3.8) is 0 Å². The van der Waals surface area contributed by atoms with E-state index in [1.165, 1.54) is 35.6 Å². The third-order valence-electron chi connectivity index (χ3n) is 3.31. The summed E-state index contributed by atoms with van der Waals surface area (Å²) in [7, 11) is 0. The lowest BCUT2D eigenvalue weighted by Crippen LogP contribution is -2.31. The van der Waals surface area contributed by atoms with E-state index in [4.69, 9.17) is 0 Å². The molecule has 1 aromatic rings. The van der Waals surface area contributed by atoms with Crippen LogP contribution in [0, 0.1) is 5.92 Å². The Morgan fingerprint density at radius 1 is 1.53 bits per heavy atom. The van der Waals surface area contributed by atoms with E-state index in [9.17, 15) is 0 Å². The highest BCUT2D eigenvalue weighted by atomic mass is 32.2. The molecule has 17 heavy (non-hydrogen) atoms. The Hall–Kier alpha value is 0.01000. The van der Waals surface area contributed by atoms with Gasteiger partial charge in [0, 0.05) is 17.0 Å². The molecule has 1 fully saturated rings. The van der Waals surface area contributed by atoms with E-state index >= 15 is 0 Å². The second kappa shape index (κ2) is 6.81. The first-order valence-corrected chi connectivity index (χ1v) is 8.72. The Labute approximate surface area is 113 Å². The number of hydrogen-bond acceptors (Lipinski definition) is 3. The molecule has 1 heterocycles. The lowest BCUT2D eigenvalue weighted by atomic mass is 10.1. The van der Waals surface area contributed by atoms with Gasteiger partial charge < -0.3 is 5.32 Å². The van der Waals surface area contributed by atoms with E-state index in [-0.39, 0.29) is 0 Å². The minimum atomic E-state index is 0.622. The van der Waals surface area contributed by atoms with Gasteiger partial charge in [0.2, 0.25) is 0 Å². The molecule has 1 N–H and O–H groups in total. The summed E-state index contributed by atoms with van der Waals surface area (Å²) < 4.78 is 0. The van der Waals surface area contributed by atoms with Crippen molar-refractivity contribution in [2.24, 2.45) is 5.92 Å². The number of hydrogen-bond donors (Lipinski definition) is 1. The highest BCUT2D eigenvalue weighted by Crippen LogP contribution is 2.42. The van der Waals surface area contributed by atoms with Gasteiger partial charge in [-0.15, -0.1) is 11.3 Å². The van der Waals surface area contributed by atoms with Gasteiger partial charge in [-0.25, -0.2) is 0 Å². The summed E-state index contributed by atoms with van der Waals surface area (Å²) in [4.78, 5) is 1.53. The largest absolute Gasteiger partial charge is 0.306 e. The monoisotopic (exact) mass is 269 g/mol. The Morgan fingerprint density at radius 2 is 2.35 bits per heavy atom. The molecule has 1 aliphatic carbocycles. The maximum Gasteiger partial charge on any atom is 0.0445 e. The topological polar surface area (TPSA) is 12.0 Å². The smallest absolute Gasteiger partial charge is 0.0445 e. The normalized spacial score (nSPS) is 19.2. The molecule has 2 rings (SSSR count). The summed E-state index contributed by atoms with van der Waals surface area (Å²) in [5, 5.41) is 6.04. The maximum atomic E-state index is 3.84. The lowest BCUT2D eigenvalue weighted by Gasteiger charge is -2.22. The van der Waals surface area contributed by atoms with E-state index in [1.54, 1.807) is 0 Å². The maximum absolute atomic E-state index is 3.84. The van der Waals surface area contributed by atoms with Crippen LogP contribution in [0.15, 0.2) is 17.5 Å². The first-order chi connectivity index (χ1) is 8.31. The van der Waals surface area contributed by atoms with Crippen molar-refractivity contribution in [3.8, 4) is 0 Å². The molecule has 1 saturated carbocycles. The molecule has 0 spiro atoms. The van der Waals surface area contributed by atoms with Gasteiger partial charge in [0.25, 0.3) is 0 Å². The molecule has 0 aliphatic heterocycles. The van der Waals surface area contributed by atoms with Crippen molar-refractivity contribution in [2.45, 2.75) is 45.2 Å². The van der Waals surface area contributed by atoms with E-state index in [1.807, 2.05) is 23.1 Å². The number of rotatable bonds is 8. The van der Waals surface area contributed by atoms with E-state index < -0.39 is 0 Å². The van der Waals surface area contributed by atoms with E-state index in [2.05, 4.69) is 36.7 Å². The van der Waals surface area contributed by atoms with Crippen molar-refractivity contribution in [3.05, 3.63) is 22.4 Å². The lowest BCUT2D eigenvalue weighted by molar-refractivity contribution is 0.418. The van der Waals surface area contributed by atoms with Gasteiger partial charge in [0.15, 0.2) is 0 Å². The molecule has 1 nitrogen and oxygen atoms in total. The van der Waals surface area contributed by atoms with Crippen molar-refractivity contribution in [2.75, 3.05) is 11.5 Å². The molecule has 2 unspecified atom stereocenters. The third-order valence-corrected chi connectivity index (χ3v) is 5.19. The summed E-state index contributed by atoms with van der Waals surface area (Å²) in [6.07, 6.45) is 4.10. The van der Waals surface area contributed by atoms with Crippen LogP contribution in [0.5, 0.6) is 0 Å². The molecule has 0 bridgehead atoms. The summed E-state index contributed by atoms with van der Waals surface area (Å²) >= 11 is 3.95. The fourth-order valence-electron chi connectivity index (χ4n) is 2.14. The van der Waals surface area contributed by atoms with Crippen LogP contribution in [-0.4, -0.2) is 17.5 Å². The Kier molecular flexibility index (Phi) is 5.39. The first-order valence-electron chi connectivity index (χ1n) is 6.68. The van der Waals surface area contributed by atoms with Crippen LogP contribution in [0.1, 0.15) is 44.0 Å². The summed E-state index contributed by atoms with van der Waals surface area (Å²) in [5.74, 6) is 3.42. The van der Waals surface area contributed by atoms with Gasteiger partial charge in [-0.05, 0) is 55.1 Å². The molecule has 0 saturated heterocycles. The fourth-order valence-corrected chi connectivity index (χ4v) is 3.83. The van der Waals surface area contributed by atoms with Crippen LogP contribution >= 0.6 is 23.1 Å². The molecular weight excluding hydrogens is 246 g/mol. The molecule has 1 aromatic heterocycles. The van der Waals surface area contributed by atoms with Crippen molar-refractivity contribution >= 4 is 23.1 Å². The van der Waals surface area contributed by atoms with Crippen molar-refractivity contribution in [1.82, 2.24) is 5.32 Å². The van der Waals surface area contributed by atoms with Gasteiger partial charge in [0.05, 0.1) is 0 Å². The minimum absolute atomic E-state index is 0.622.